The van der Waals surface area contributed by atoms with Crippen molar-refractivity contribution in [1.29, 1.82) is 0 Å². The predicted octanol–water partition coefficient (Wildman–Crippen LogP) is 2.25. The van der Waals surface area contributed by atoms with E-state index in [1.54, 1.807) is 6.92 Å². The quantitative estimate of drug-likeness (QED) is 0.899. The molecule has 0 bridgehead atoms. The minimum absolute atomic E-state index is 0.151. The monoisotopic (exact) mass is 273 g/mol. The lowest BCUT2D eigenvalue weighted by Gasteiger charge is -2.31. The maximum atomic E-state index is 12.6. The average molecular weight is 273 g/mol. The predicted molar refractivity (Wildman–Crippen MR) is 74.8 cm³/mol. The van der Waals surface area contributed by atoms with Crippen LogP contribution in [0.1, 0.15) is 47.7 Å². The number of carboxylic acids is 1. The third-order valence-corrected chi connectivity index (χ3v) is 4.69. The van der Waals surface area contributed by atoms with Gasteiger partial charge in [-0.3, -0.25) is 4.79 Å². The summed E-state index contributed by atoms with van der Waals surface area (Å²) < 4.78 is 0. The van der Waals surface area contributed by atoms with Crippen molar-refractivity contribution in [2.24, 2.45) is 0 Å². The van der Waals surface area contributed by atoms with Crippen molar-refractivity contribution < 1.29 is 14.7 Å². The zero-order valence-corrected chi connectivity index (χ0v) is 11.7. The summed E-state index contributed by atoms with van der Waals surface area (Å²) in [4.78, 5) is 25.6. The van der Waals surface area contributed by atoms with Gasteiger partial charge in [-0.2, -0.15) is 0 Å². The lowest BCUT2D eigenvalue weighted by molar-refractivity contribution is -0.147. The number of benzene rings is 1. The Hall–Kier alpha value is -1.84. The molecule has 2 aliphatic rings. The van der Waals surface area contributed by atoms with E-state index in [4.69, 9.17) is 0 Å². The number of hydrogen-bond acceptors (Lipinski definition) is 2. The molecule has 1 aliphatic carbocycles. The van der Waals surface area contributed by atoms with Crippen LogP contribution in [0.15, 0.2) is 18.2 Å². The highest BCUT2D eigenvalue weighted by atomic mass is 16.4. The van der Waals surface area contributed by atoms with Crippen molar-refractivity contribution in [3.05, 3.63) is 34.9 Å². The van der Waals surface area contributed by atoms with Gasteiger partial charge in [-0.15, -0.1) is 0 Å². The van der Waals surface area contributed by atoms with E-state index in [9.17, 15) is 14.7 Å². The number of aryl methyl sites for hydroxylation is 2. The summed E-state index contributed by atoms with van der Waals surface area (Å²) in [6.07, 6.45) is 4.52. The van der Waals surface area contributed by atoms with Crippen molar-refractivity contribution in [2.45, 2.75) is 44.6 Å². The zero-order chi connectivity index (χ0) is 14.3. The Labute approximate surface area is 118 Å². The van der Waals surface area contributed by atoms with Gasteiger partial charge in [0.2, 0.25) is 0 Å². The highest BCUT2D eigenvalue weighted by Crippen LogP contribution is 2.31. The van der Waals surface area contributed by atoms with Crippen LogP contribution in [0, 0.1) is 0 Å². The number of fused-ring (bicyclic) bond motifs is 1. The molecular weight excluding hydrogens is 254 g/mol. The van der Waals surface area contributed by atoms with Crippen LogP contribution in [0.2, 0.25) is 0 Å². The van der Waals surface area contributed by atoms with E-state index in [0.29, 0.717) is 18.5 Å². The molecule has 0 saturated carbocycles. The Morgan fingerprint density at radius 2 is 1.95 bits per heavy atom. The van der Waals surface area contributed by atoms with E-state index < -0.39 is 11.5 Å². The molecule has 1 N–H and O–H groups in total. The molecule has 0 radical (unpaired) electrons. The fourth-order valence-electron chi connectivity index (χ4n) is 3.37. The number of likely N-dealkylation sites (tertiary alicyclic amines) is 1. The number of carbonyl (C=O) groups excluding carboxylic acids is 1. The molecule has 1 unspecified atom stereocenters. The molecule has 1 atom stereocenters. The first-order valence-corrected chi connectivity index (χ1v) is 7.19. The number of carboxylic acid groups (broad SMARTS) is 1. The second-order valence-corrected chi connectivity index (χ2v) is 5.98. The second-order valence-electron chi connectivity index (χ2n) is 5.98. The topological polar surface area (TPSA) is 57.6 Å². The largest absolute Gasteiger partial charge is 0.480 e. The Morgan fingerprint density at radius 3 is 2.70 bits per heavy atom. The molecule has 1 heterocycles. The summed E-state index contributed by atoms with van der Waals surface area (Å²) in [6.45, 7) is 2.17. The van der Waals surface area contributed by atoms with Crippen LogP contribution in [0.3, 0.4) is 0 Å². The number of amides is 1. The third kappa shape index (κ3) is 1.90. The van der Waals surface area contributed by atoms with Gasteiger partial charge in [0, 0.05) is 12.1 Å². The minimum Gasteiger partial charge on any atom is -0.480 e. The van der Waals surface area contributed by atoms with Crippen LogP contribution in [-0.2, 0) is 17.6 Å². The lowest BCUT2D eigenvalue weighted by Crippen LogP contribution is -2.50. The van der Waals surface area contributed by atoms with E-state index in [1.165, 1.54) is 16.0 Å². The smallest absolute Gasteiger partial charge is 0.329 e. The van der Waals surface area contributed by atoms with Crippen LogP contribution in [0.5, 0.6) is 0 Å². The van der Waals surface area contributed by atoms with Crippen molar-refractivity contribution in [1.82, 2.24) is 4.90 Å². The lowest BCUT2D eigenvalue weighted by atomic mass is 9.98. The SMILES string of the molecule is CC1(C(=O)O)CCCN1C(=O)c1ccc2c(c1)CCC2. The minimum atomic E-state index is -1.06. The van der Waals surface area contributed by atoms with E-state index >= 15 is 0 Å². The van der Waals surface area contributed by atoms with Crippen LogP contribution in [0.4, 0.5) is 0 Å². The molecule has 1 aromatic rings. The first-order valence-electron chi connectivity index (χ1n) is 7.19. The van der Waals surface area contributed by atoms with Crippen molar-refractivity contribution in [3.8, 4) is 0 Å². The van der Waals surface area contributed by atoms with Crippen LogP contribution in [0.25, 0.3) is 0 Å². The maximum Gasteiger partial charge on any atom is 0.329 e. The average Bonchev–Trinajstić information content (AvgIpc) is 3.03. The van der Waals surface area contributed by atoms with Gasteiger partial charge in [0.15, 0.2) is 0 Å². The molecule has 4 nitrogen and oxygen atoms in total. The van der Waals surface area contributed by atoms with Gasteiger partial charge in [0.25, 0.3) is 5.91 Å². The number of hydrogen-bond donors (Lipinski definition) is 1. The van der Waals surface area contributed by atoms with E-state index in [-0.39, 0.29) is 5.91 Å². The summed E-state index contributed by atoms with van der Waals surface area (Å²) in [7, 11) is 0. The highest BCUT2D eigenvalue weighted by molar-refractivity contribution is 5.98. The molecule has 3 rings (SSSR count). The molecule has 1 saturated heterocycles. The summed E-state index contributed by atoms with van der Waals surface area (Å²) >= 11 is 0. The van der Waals surface area contributed by atoms with Gasteiger partial charge >= 0.3 is 5.97 Å². The van der Waals surface area contributed by atoms with Crippen LogP contribution < -0.4 is 0 Å². The molecule has 1 aliphatic heterocycles. The Balaban J connectivity index is 1.91. The summed E-state index contributed by atoms with van der Waals surface area (Å²) in [5, 5.41) is 9.40. The van der Waals surface area contributed by atoms with Crippen LogP contribution >= 0.6 is 0 Å². The molecule has 0 aromatic heterocycles. The van der Waals surface area contributed by atoms with Gasteiger partial charge in [0.1, 0.15) is 5.54 Å². The normalized spacial score (nSPS) is 24.8. The molecule has 1 aromatic carbocycles. The summed E-state index contributed by atoms with van der Waals surface area (Å²) in [5.41, 5.74) is 2.13. The number of rotatable bonds is 2. The number of aliphatic carboxylic acids is 1. The van der Waals surface area contributed by atoms with Gasteiger partial charge in [-0.25, -0.2) is 4.79 Å². The van der Waals surface area contributed by atoms with Gasteiger partial charge in [-0.1, -0.05) is 6.07 Å². The fraction of sp³-hybridized carbons (Fsp3) is 0.500. The summed E-state index contributed by atoms with van der Waals surface area (Å²) in [5.74, 6) is -1.06. The van der Waals surface area contributed by atoms with Crippen LogP contribution in [-0.4, -0.2) is 34.0 Å². The van der Waals surface area contributed by atoms with Crippen molar-refractivity contribution in [3.63, 3.8) is 0 Å². The molecule has 0 spiro atoms. The van der Waals surface area contributed by atoms with Crippen molar-refractivity contribution >= 4 is 11.9 Å². The maximum absolute atomic E-state index is 12.6. The molecule has 1 fully saturated rings. The molecule has 20 heavy (non-hydrogen) atoms. The molecular formula is C16H19NO3. The number of carbonyl (C=O) groups is 2. The standard InChI is InChI=1S/C16H19NO3/c1-16(15(19)20)8-3-9-17(16)14(18)13-7-6-11-4-2-5-12(11)10-13/h6-7,10H,2-5,8-9H2,1H3,(H,19,20). The number of nitrogens with zero attached hydrogens (tertiary/aromatic N) is 1. The van der Waals surface area contributed by atoms with Gasteiger partial charge in [-0.05, 0) is 62.3 Å². The first kappa shape index (κ1) is 13.2. The zero-order valence-electron chi connectivity index (χ0n) is 11.7. The second kappa shape index (κ2) is 4.62. The van der Waals surface area contributed by atoms with Gasteiger partial charge in [0.05, 0.1) is 0 Å². The van der Waals surface area contributed by atoms with Gasteiger partial charge < -0.3 is 10.0 Å². The molecule has 1 amide bonds. The highest BCUT2D eigenvalue weighted by Gasteiger charge is 2.46. The first-order chi connectivity index (χ1) is 9.52. The molecule has 106 valence electrons. The molecule has 4 heteroatoms. The summed E-state index contributed by atoms with van der Waals surface area (Å²) in [6, 6.07) is 5.81. The van der Waals surface area contributed by atoms with E-state index in [2.05, 4.69) is 0 Å². The Bertz CT molecular complexity index is 581. The Kier molecular flexibility index (Phi) is 3.04. The van der Waals surface area contributed by atoms with E-state index in [1.807, 2.05) is 18.2 Å². The fourth-order valence-corrected chi connectivity index (χ4v) is 3.37. The third-order valence-electron chi connectivity index (χ3n) is 4.69. The van der Waals surface area contributed by atoms with Crippen molar-refractivity contribution in [2.75, 3.05) is 6.54 Å². The van der Waals surface area contributed by atoms with E-state index in [0.717, 1.165) is 25.7 Å². The Morgan fingerprint density at radius 1 is 1.20 bits per heavy atom.